The van der Waals surface area contributed by atoms with E-state index in [1.54, 1.807) is 38.1 Å². The van der Waals surface area contributed by atoms with Gasteiger partial charge in [0.25, 0.3) is 0 Å². The maximum Gasteiger partial charge on any atom is 0.341 e. The highest BCUT2D eigenvalue weighted by Gasteiger charge is 2.39. The standard InChI is InChI=1S/C14H21O4P/c1-4-13(19(16,17-5-2)18-6-3)14(15)12-10-8-7-9-11-12/h7-11,13H,4-6H2,1-3H3. The van der Waals surface area contributed by atoms with Crippen molar-refractivity contribution in [3.8, 4) is 0 Å². The van der Waals surface area contributed by atoms with Crippen LogP contribution in [0, 0.1) is 0 Å². The normalized spacial score (nSPS) is 13.2. The Labute approximate surface area is 114 Å². The Morgan fingerprint density at radius 3 is 2.05 bits per heavy atom. The fourth-order valence-electron chi connectivity index (χ4n) is 1.92. The molecule has 1 aromatic carbocycles. The highest BCUT2D eigenvalue weighted by Crippen LogP contribution is 2.55. The molecule has 1 rings (SSSR count). The summed E-state index contributed by atoms with van der Waals surface area (Å²) in [4.78, 5) is 12.4. The van der Waals surface area contributed by atoms with Crippen LogP contribution in [0.3, 0.4) is 0 Å². The van der Waals surface area contributed by atoms with Crippen LogP contribution in [0.1, 0.15) is 37.6 Å². The van der Waals surface area contributed by atoms with Crippen molar-refractivity contribution in [1.82, 2.24) is 0 Å². The number of Topliss-reactive ketones (excluding diaryl/α,β-unsaturated/α-hetero) is 1. The van der Waals surface area contributed by atoms with Gasteiger partial charge in [-0.25, -0.2) is 0 Å². The van der Waals surface area contributed by atoms with Crippen LogP contribution < -0.4 is 0 Å². The molecule has 1 atom stereocenters. The monoisotopic (exact) mass is 284 g/mol. The Hall–Kier alpha value is -0.960. The van der Waals surface area contributed by atoms with Gasteiger partial charge in [0.2, 0.25) is 0 Å². The van der Waals surface area contributed by atoms with Crippen LogP contribution in [-0.2, 0) is 13.6 Å². The molecule has 0 spiro atoms. The van der Waals surface area contributed by atoms with Gasteiger partial charge in [-0.2, -0.15) is 0 Å². The van der Waals surface area contributed by atoms with Crippen LogP contribution in [0.5, 0.6) is 0 Å². The number of ketones is 1. The van der Waals surface area contributed by atoms with Gasteiger partial charge in [0, 0.05) is 5.56 Å². The molecule has 0 aliphatic rings. The van der Waals surface area contributed by atoms with Crippen LogP contribution in [-0.4, -0.2) is 24.7 Å². The number of carbonyl (C=O) groups is 1. The summed E-state index contributed by atoms with van der Waals surface area (Å²) in [6.07, 6.45) is 0.422. The van der Waals surface area contributed by atoms with Gasteiger partial charge in [0.15, 0.2) is 5.78 Å². The van der Waals surface area contributed by atoms with Gasteiger partial charge in [0.1, 0.15) is 5.66 Å². The third-order valence-corrected chi connectivity index (χ3v) is 5.35. The molecule has 0 heterocycles. The van der Waals surface area contributed by atoms with E-state index < -0.39 is 13.3 Å². The number of rotatable bonds is 8. The Morgan fingerprint density at radius 1 is 1.11 bits per heavy atom. The Kier molecular flexibility index (Phi) is 6.43. The molecule has 0 aliphatic heterocycles. The summed E-state index contributed by atoms with van der Waals surface area (Å²) in [5, 5.41) is 0. The van der Waals surface area contributed by atoms with Crippen LogP contribution in [0.4, 0.5) is 0 Å². The maximum atomic E-state index is 12.7. The van der Waals surface area contributed by atoms with E-state index in [-0.39, 0.29) is 19.0 Å². The molecule has 1 unspecified atom stereocenters. The van der Waals surface area contributed by atoms with Crippen LogP contribution in [0.25, 0.3) is 0 Å². The molecule has 0 saturated carbocycles. The zero-order valence-corrected chi connectivity index (χ0v) is 12.6. The number of benzene rings is 1. The van der Waals surface area contributed by atoms with Crippen molar-refractivity contribution >= 4 is 13.4 Å². The Morgan fingerprint density at radius 2 is 1.63 bits per heavy atom. The highest BCUT2D eigenvalue weighted by atomic mass is 31.2. The average Bonchev–Trinajstić information content (AvgIpc) is 2.40. The fraction of sp³-hybridized carbons (Fsp3) is 0.500. The van der Waals surface area contributed by atoms with Gasteiger partial charge in [0.05, 0.1) is 13.2 Å². The maximum absolute atomic E-state index is 12.7. The van der Waals surface area contributed by atoms with E-state index in [1.807, 2.05) is 13.0 Å². The third-order valence-electron chi connectivity index (χ3n) is 2.75. The molecule has 0 saturated heterocycles. The fourth-order valence-corrected chi connectivity index (χ4v) is 3.96. The minimum absolute atomic E-state index is 0.187. The van der Waals surface area contributed by atoms with E-state index >= 15 is 0 Å². The van der Waals surface area contributed by atoms with Crippen molar-refractivity contribution in [2.45, 2.75) is 32.9 Å². The van der Waals surface area contributed by atoms with Gasteiger partial charge in [-0.05, 0) is 20.3 Å². The molecule has 5 heteroatoms. The second-order valence-electron chi connectivity index (χ2n) is 4.03. The lowest BCUT2D eigenvalue weighted by atomic mass is 10.1. The first-order chi connectivity index (χ1) is 9.09. The van der Waals surface area contributed by atoms with Gasteiger partial charge < -0.3 is 9.05 Å². The van der Waals surface area contributed by atoms with Crippen LogP contribution in [0.2, 0.25) is 0 Å². The largest absolute Gasteiger partial charge is 0.341 e. The molecule has 0 bridgehead atoms. The lowest BCUT2D eigenvalue weighted by molar-refractivity contribution is 0.0965. The molecule has 4 nitrogen and oxygen atoms in total. The zero-order valence-electron chi connectivity index (χ0n) is 11.7. The zero-order chi connectivity index (χ0) is 14.3. The van der Waals surface area contributed by atoms with Crippen molar-refractivity contribution in [3.05, 3.63) is 35.9 Å². The first kappa shape index (κ1) is 16.1. The number of hydrogen-bond acceptors (Lipinski definition) is 4. The van der Waals surface area contributed by atoms with Gasteiger partial charge in [-0.3, -0.25) is 9.36 Å². The van der Waals surface area contributed by atoms with Gasteiger partial charge in [-0.15, -0.1) is 0 Å². The molecule has 1 aromatic rings. The molecular formula is C14H21O4P. The smallest absolute Gasteiger partial charge is 0.308 e. The number of hydrogen-bond donors (Lipinski definition) is 0. The van der Waals surface area contributed by atoms with Crippen LogP contribution in [0.15, 0.2) is 30.3 Å². The first-order valence-electron chi connectivity index (χ1n) is 6.57. The third kappa shape index (κ3) is 4.00. The average molecular weight is 284 g/mol. The van der Waals surface area contributed by atoms with E-state index in [0.717, 1.165) is 0 Å². The van der Waals surface area contributed by atoms with Crippen molar-refractivity contribution in [2.75, 3.05) is 13.2 Å². The van der Waals surface area contributed by atoms with Gasteiger partial charge >= 0.3 is 7.60 Å². The summed E-state index contributed by atoms with van der Waals surface area (Å²) in [5.74, 6) is -0.187. The number of carbonyl (C=O) groups excluding carboxylic acids is 1. The van der Waals surface area contributed by atoms with Crippen molar-refractivity contribution in [1.29, 1.82) is 0 Å². The minimum Gasteiger partial charge on any atom is -0.308 e. The molecule has 106 valence electrons. The molecule has 0 amide bonds. The topological polar surface area (TPSA) is 52.6 Å². The summed E-state index contributed by atoms with van der Waals surface area (Å²) in [6.45, 7) is 5.82. The van der Waals surface area contributed by atoms with E-state index in [1.165, 1.54) is 0 Å². The second kappa shape index (κ2) is 7.59. The van der Waals surface area contributed by atoms with E-state index in [0.29, 0.717) is 12.0 Å². The summed E-state index contributed by atoms with van der Waals surface area (Å²) in [6, 6.07) is 8.83. The molecule has 19 heavy (non-hydrogen) atoms. The molecular weight excluding hydrogens is 263 g/mol. The lowest BCUT2D eigenvalue weighted by Gasteiger charge is -2.24. The quantitative estimate of drug-likeness (QED) is 0.536. The first-order valence-corrected chi connectivity index (χ1v) is 8.18. The summed E-state index contributed by atoms with van der Waals surface area (Å²) in [7, 11) is -3.40. The highest BCUT2D eigenvalue weighted by molar-refractivity contribution is 7.55. The van der Waals surface area contributed by atoms with E-state index in [2.05, 4.69) is 0 Å². The second-order valence-corrected chi connectivity index (χ2v) is 6.25. The van der Waals surface area contributed by atoms with E-state index in [9.17, 15) is 9.36 Å². The Balaban J connectivity index is 3.04. The predicted molar refractivity (Wildman–Crippen MR) is 75.7 cm³/mol. The lowest BCUT2D eigenvalue weighted by Crippen LogP contribution is -2.23. The van der Waals surface area contributed by atoms with Crippen molar-refractivity contribution in [2.24, 2.45) is 0 Å². The molecule has 0 fully saturated rings. The molecule has 0 aliphatic carbocycles. The SMILES string of the molecule is CCOP(=O)(OCC)C(CC)C(=O)c1ccccc1. The van der Waals surface area contributed by atoms with Gasteiger partial charge in [-0.1, -0.05) is 37.3 Å². The minimum atomic E-state index is -3.40. The molecule has 0 radical (unpaired) electrons. The summed E-state index contributed by atoms with van der Waals surface area (Å²) in [5.41, 5.74) is -0.205. The Bertz CT molecular complexity index is 434. The summed E-state index contributed by atoms with van der Waals surface area (Å²) >= 11 is 0. The summed E-state index contributed by atoms with van der Waals surface area (Å²) < 4.78 is 23.3. The van der Waals surface area contributed by atoms with Crippen molar-refractivity contribution in [3.63, 3.8) is 0 Å². The molecule has 0 aromatic heterocycles. The molecule has 0 N–H and O–H groups in total. The van der Waals surface area contributed by atoms with Crippen molar-refractivity contribution < 1.29 is 18.4 Å². The van der Waals surface area contributed by atoms with Crippen LogP contribution >= 0.6 is 7.60 Å². The van der Waals surface area contributed by atoms with E-state index in [4.69, 9.17) is 9.05 Å². The predicted octanol–water partition coefficient (Wildman–Crippen LogP) is 3.91.